The summed E-state index contributed by atoms with van der Waals surface area (Å²) in [6, 6.07) is 0. The van der Waals surface area contributed by atoms with Crippen molar-refractivity contribution in [3.05, 3.63) is 11.9 Å². The number of aromatic nitrogens is 3. The molecule has 0 amide bonds. The molecular formula is C15H23N3O. The van der Waals surface area contributed by atoms with Crippen molar-refractivity contribution in [2.75, 3.05) is 0 Å². The third-order valence-corrected chi connectivity index (χ3v) is 5.65. The predicted octanol–water partition coefficient (Wildman–Crippen LogP) is 2.55. The molecule has 4 heteroatoms. The molecule has 1 heterocycles. The maximum atomic E-state index is 9.55. The summed E-state index contributed by atoms with van der Waals surface area (Å²) in [5, 5.41) is 17.8. The summed E-state index contributed by atoms with van der Waals surface area (Å²) in [5.41, 5.74) is 1.18. The summed E-state index contributed by atoms with van der Waals surface area (Å²) in [6.45, 7) is 2.76. The van der Waals surface area contributed by atoms with Gasteiger partial charge in [0.1, 0.15) is 5.69 Å². The summed E-state index contributed by atoms with van der Waals surface area (Å²) in [5.74, 6) is 2.93. The van der Waals surface area contributed by atoms with Gasteiger partial charge in [-0.3, -0.25) is 4.68 Å². The molecule has 4 bridgehead atoms. The van der Waals surface area contributed by atoms with Gasteiger partial charge in [0, 0.05) is 6.54 Å². The van der Waals surface area contributed by atoms with Crippen LogP contribution in [0.15, 0.2) is 6.20 Å². The highest BCUT2D eigenvalue weighted by atomic mass is 16.3. The smallest absolute Gasteiger partial charge is 0.111 e. The van der Waals surface area contributed by atoms with Crippen LogP contribution in [0.25, 0.3) is 0 Å². The van der Waals surface area contributed by atoms with Crippen LogP contribution >= 0.6 is 0 Å². The summed E-state index contributed by atoms with van der Waals surface area (Å²) in [4.78, 5) is 0. The first kappa shape index (κ1) is 11.9. The summed E-state index contributed by atoms with van der Waals surface area (Å²) in [7, 11) is 0. The average molecular weight is 261 g/mol. The lowest BCUT2D eigenvalue weighted by atomic mass is 9.49. The van der Waals surface area contributed by atoms with E-state index in [1.807, 2.05) is 10.9 Å². The van der Waals surface area contributed by atoms with E-state index in [2.05, 4.69) is 10.3 Å². The second-order valence-electron chi connectivity index (χ2n) is 7.43. The van der Waals surface area contributed by atoms with Crippen LogP contribution in [0.2, 0.25) is 0 Å². The first-order chi connectivity index (χ1) is 9.12. The third kappa shape index (κ3) is 2.00. The lowest BCUT2D eigenvalue weighted by Gasteiger charge is -2.56. The number of nitrogens with zero attached hydrogens (tertiary/aromatic N) is 3. The number of hydrogen-bond acceptors (Lipinski definition) is 3. The van der Waals surface area contributed by atoms with Gasteiger partial charge in [-0.25, -0.2) is 0 Å². The molecular weight excluding hydrogens is 238 g/mol. The predicted molar refractivity (Wildman–Crippen MR) is 71.3 cm³/mol. The van der Waals surface area contributed by atoms with Crippen LogP contribution < -0.4 is 0 Å². The van der Waals surface area contributed by atoms with Gasteiger partial charge in [-0.05, 0) is 68.6 Å². The van der Waals surface area contributed by atoms with Gasteiger partial charge < -0.3 is 5.11 Å². The van der Waals surface area contributed by atoms with Crippen molar-refractivity contribution >= 4 is 0 Å². The van der Waals surface area contributed by atoms with Gasteiger partial charge in [-0.1, -0.05) is 5.21 Å². The van der Waals surface area contributed by atoms with E-state index in [0.29, 0.717) is 11.1 Å². The number of rotatable bonds is 3. The SMILES string of the molecule is CC(O)c1cn(CC23CC4CC(CC(C4)C2)C3)nn1. The zero-order chi connectivity index (χ0) is 13.0. The molecule has 0 saturated heterocycles. The van der Waals surface area contributed by atoms with Gasteiger partial charge in [-0.2, -0.15) is 0 Å². The van der Waals surface area contributed by atoms with E-state index in [9.17, 15) is 5.11 Å². The minimum absolute atomic E-state index is 0.485. The van der Waals surface area contributed by atoms with E-state index in [-0.39, 0.29) is 0 Å². The van der Waals surface area contributed by atoms with Crippen molar-refractivity contribution in [3.8, 4) is 0 Å². The van der Waals surface area contributed by atoms with Gasteiger partial charge in [0.15, 0.2) is 0 Å². The highest BCUT2D eigenvalue weighted by molar-refractivity contribution is 5.02. The number of aliphatic hydroxyl groups is 1. The first-order valence-electron chi connectivity index (χ1n) is 7.70. The molecule has 4 fully saturated rings. The van der Waals surface area contributed by atoms with Crippen molar-refractivity contribution in [1.82, 2.24) is 15.0 Å². The Hall–Kier alpha value is -0.900. The van der Waals surface area contributed by atoms with Crippen LogP contribution in [0.3, 0.4) is 0 Å². The fraction of sp³-hybridized carbons (Fsp3) is 0.867. The molecule has 0 spiro atoms. The maximum Gasteiger partial charge on any atom is 0.111 e. The Morgan fingerprint density at radius 1 is 1.26 bits per heavy atom. The zero-order valence-electron chi connectivity index (χ0n) is 11.6. The Bertz CT molecular complexity index is 444. The van der Waals surface area contributed by atoms with Gasteiger partial charge >= 0.3 is 0 Å². The molecule has 0 aliphatic heterocycles. The lowest BCUT2D eigenvalue weighted by molar-refractivity contribution is -0.0637. The number of hydrogen-bond donors (Lipinski definition) is 1. The Kier molecular flexibility index (Phi) is 2.53. The molecule has 0 radical (unpaired) electrons. The van der Waals surface area contributed by atoms with Crippen LogP contribution in [0.1, 0.15) is 57.2 Å². The molecule has 0 aromatic carbocycles. The Morgan fingerprint density at radius 3 is 2.32 bits per heavy atom. The van der Waals surface area contributed by atoms with Crippen molar-refractivity contribution in [2.24, 2.45) is 23.2 Å². The van der Waals surface area contributed by atoms with Crippen LogP contribution in [0.5, 0.6) is 0 Å². The quantitative estimate of drug-likeness (QED) is 0.909. The normalized spacial score (nSPS) is 41.7. The molecule has 1 N–H and O–H groups in total. The molecule has 5 rings (SSSR count). The van der Waals surface area contributed by atoms with E-state index < -0.39 is 6.10 Å². The van der Waals surface area contributed by atoms with E-state index in [1.165, 1.54) is 38.5 Å². The van der Waals surface area contributed by atoms with Crippen molar-refractivity contribution in [3.63, 3.8) is 0 Å². The zero-order valence-corrected chi connectivity index (χ0v) is 11.6. The van der Waals surface area contributed by atoms with Crippen LogP contribution in [0, 0.1) is 23.2 Å². The van der Waals surface area contributed by atoms with Crippen molar-refractivity contribution in [1.29, 1.82) is 0 Å². The Labute approximate surface area is 114 Å². The molecule has 4 aliphatic rings. The van der Waals surface area contributed by atoms with E-state index >= 15 is 0 Å². The Morgan fingerprint density at radius 2 is 1.84 bits per heavy atom. The largest absolute Gasteiger partial charge is 0.387 e. The van der Waals surface area contributed by atoms with Crippen molar-refractivity contribution in [2.45, 2.75) is 58.1 Å². The maximum absolute atomic E-state index is 9.55. The third-order valence-electron chi connectivity index (χ3n) is 5.65. The van der Waals surface area contributed by atoms with Crippen molar-refractivity contribution < 1.29 is 5.11 Å². The average Bonchev–Trinajstić information content (AvgIpc) is 2.74. The van der Waals surface area contributed by atoms with Gasteiger partial charge in [-0.15, -0.1) is 5.10 Å². The monoisotopic (exact) mass is 261 g/mol. The van der Waals surface area contributed by atoms with Crippen LogP contribution in [-0.2, 0) is 6.54 Å². The molecule has 1 atom stereocenters. The fourth-order valence-corrected chi connectivity index (χ4v) is 5.41. The second kappa shape index (κ2) is 4.05. The molecule has 4 aliphatic carbocycles. The van der Waals surface area contributed by atoms with Gasteiger partial charge in [0.25, 0.3) is 0 Å². The number of aliphatic hydroxyl groups excluding tert-OH is 1. The molecule has 1 aromatic heterocycles. The summed E-state index contributed by atoms with van der Waals surface area (Å²) >= 11 is 0. The first-order valence-corrected chi connectivity index (χ1v) is 7.70. The fourth-order valence-electron chi connectivity index (χ4n) is 5.41. The van der Waals surface area contributed by atoms with E-state index in [0.717, 1.165) is 24.3 Å². The summed E-state index contributed by atoms with van der Waals surface area (Å²) < 4.78 is 1.98. The molecule has 1 aromatic rings. The van der Waals surface area contributed by atoms with Crippen LogP contribution in [0.4, 0.5) is 0 Å². The second-order valence-corrected chi connectivity index (χ2v) is 7.43. The summed E-state index contributed by atoms with van der Waals surface area (Å²) in [6.07, 6.45) is 10.0. The van der Waals surface area contributed by atoms with E-state index in [4.69, 9.17) is 0 Å². The molecule has 4 saturated carbocycles. The molecule has 1 unspecified atom stereocenters. The minimum atomic E-state index is -0.509. The standard InChI is InChI=1S/C15H23N3O/c1-10(19)14-8-18(17-16-14)9-15-5-11-2-12(6-15)4-13(3-11)7-15/h8,10-13,19H,2-7,9H2,1H3. The molecule has 19 heavy (non-hydrogen) atoms. The van der Waals surface area contributed by atoms with Gasteiger partial charge in [0.2, 0.25) is 0 Å². The minimum Gasteiger partial charge on any atom is -0.387 e. The topological polar surface area (TPSA) is 50.9 Å². The highest BCUT2D eigenvalue weighted by Crippen LogP contribution is 2.60. The van der Waals surface area contributed by atoms with Gasteiger partial charge in [0.05, 0.1) is 12.3 Å². The Balaban J connectivity index is 1.55. The molecule has 104 valence electrons. The van der Waals surface area contributed by atoms with Crippen LogP contribution in [-0.4, -0.2) is 20.1 Å². The van der Waals surface area contributed by atoms with E-state index in [1.54, 1.807) is 6.92 Å². The lowest BCUT2D eigenvalue weighted by Crippen LogP contribution is -2.48. The molecule has 4 nitrogen and oxygen atoms in total. The highest BCUT2D eigenvalue weighted by Gasteiger charge is 2.51.